The highest BCUT2D eigenvalue weighted by atomic mass is 15.4. The molecular formula is C17H34N2. The average molecular weight is 266 g/mol. The Labute approximate surface area is 120 Å². The molecule has 0 fully saturated rings. The molecule has 1 atom stereocenters. The number of hydrogen-bond donors (Lipinski definition) is 0. The van der Waals surface area contributed by atoms with Gasteiger partial charge in [-0.1, -0.05) is 59.3 Å². The van der Waals surface area contributed by atoms with Gasteiger partial charge in [0, 0.05) is 25.5 Å². The van der Waals surface area contributed by atoms with Gasteiger partial charge in [-0.25, -0.2) is 0 Å². The second kappa shape index (κ2) is 10.2. The lowest BCUT2D eigenvalue weighted by atomic mass is 10.1. The first-order valence-corrected chi connectivity index (χ1v) is 8.53. The van der Waals surface area contributed by atoms with Crippen molar-refractivity contribution in [3.8, 4) is 0 Å². The van der Waals surface area contributed by atoms with E-state index in [4.69, 9.17) is 0 Å². The lowest BCUT2D eigenvalue weighted by Gasteiger charge is -2.32. The zero-order valence-corrected chi connectivity index (χ0v) is 13.4. The summed E-state index contributed by atoms with van der Waals surface area (Å²) >= 11 is 0. The van der Waals surface area contributed by atoms with Gasteiger partial charge in [-0.2, -0.15) is 0 Å². The third-order valence-corrected chi connectivity index (χ3v) is 4.12. The molecule has 1 aliphatic heterocycles. The van der Waals surface area contributed by atoms with Crippen LogP contribution >= 0.6 is 0 Å². The van der Waals surface area contributed by atoms with Crippen molar-refractivity contribution >= 4 is 0 Å². The Morgan fingerprint density at radius 2 is 1.16 bits per heavy atom. The fraction of sp³-hybridized carbons (Fsp3) is 0.882. The first-order valence-electron chi connectivity index (χ1n) is 8.53. The third kappa shape index (κ3) is 5.88. The van der Waals surface area contributed by atoms with Gasteiger partial charge in [0.05, 0.1) is 0 Å². The largest absolute Gasteiger partial charge is 0.356 e. The van der Waals surface area contributed by atoms with Crippen LogP contribution in [0.1, 0.15) is 78.6 Å². The van der Waals surface area contributed by atoms with E-state index in [1.54, 1.807) is 0 Å². The Kier molecular flexibility index (Phi) is 8.77. The highest BCUT2D eigenvalue weighted by molar-refractivity contribution is 4.96. The molecule has 2 nitrogen and oxygen atoms in total. The topological polar surface area (TPSA) is 6.48 Å². The van der Waals surface area contributed by atoms with Gasteiger partial charge >= 0.3 is 0 Å². The van der Waals surface area contributed by atoms with Crippen molar-refractivity contribution < 1.29 is 0 Å². The molecule has 0 spiro atoms. The van der Waals surface area contributed by atoms with E-state index in [2.05, 4.69) is 43.0 Å². The predicted octanol–water partition coefficient (Wildman–Crippen LogP) is 4.97. The van der Waals surface area contributed by atoms with Crippen molar-refractivity contribution in [1.29, 1.82) is 0 Å². The summed E-state index contributed by atoms with van der Waals surface area (Å²) < 4.78 is 0. The smallest absolute Gasteiger partial charge is 0.100 e. The van der Waals surface area contributed by atoms with Crippen LogP contribution in [0, 0.1) is 0 Å². The molecule has 1 rings (SSSR count). The molecule has 0 radical (unpaired) electrons. The van der Waals surface area contributed by atoms with Gasteiger partial charge < -0.3 is 9.80 Å². The van der Waals surface area contributed by atoms with Crippen LogP contribution in [0.15, 0.2) is 12.4 Å². The Morgan fingerprint density at radius 1 is 0.684 bits per heavy atom. The van der Waals surface area contributed by atoms with Crippen molar-refractivity contribution in [3.05, 3.63) is 12.4 Å². The van der Waals surface area contributed by atoms with Gasteiger partial charge in [0.15, 0.2) is 0 Å². The fourth-order valence-corrected chi connectivity index (χ4v) is 2.92. The van der Waals surface area contributed by atoms with Crippen molar-refractivity contribution in [2.75, 3.05) is 13.1 Å². The number of hydrogen-bond acceptors (Lipinski definition) is 2. The molecular weight excluding hydrogens is 232 g/mol. The molecule has 0 saturated heterocycles. The Hall–Kier alpha value is -0.660. The third-order valence-electron chi connectivity index (χ3n) is 4.12. The van der Waals surface area contributed by atoms with E-state index in [1.165, 1.54) is 70.9 Å². The number of rotatable bonds is 11. The van der Waals surface area contributed by atoms with Crippen molar-refractivity contribution in [3.63, 3.8) is 0 Å². The lowest BCUT2D eigenvalue weighted by molar-refractivity contribution is 0.144. The van der Waals surface area contributed by atoms with E-state index in [9.17, 15) is 0 Å². The molecule has 19 heavy (non-hydrogen) atoms. The van der Waals surface area contributed by atoms with Crippen molar-refractivity contribution in [1.82, 2.24) is 9.80 Å². The summed E-state index contributed by atoms with van der Waals surface area (Å²) in [6, 6.07) is 0. The maximum Gasteiger partial charge on any atom is 0.100 e. The lowest BCUT2D eigenvalue weighted by Crippen LogP contribution is -2.38. The maximum absolute atomic E-state index is 2.55. The van der Waals surface area contributed by atoms with E-state index < -0.39 is 0 Å². The van der Waals surface area contributed by atoms with Crippen LogP contribution in [-0.4, -0.2) is 29.1 Å². The second-order valence-corrected chi connectivity index (χ2v) is 5.78. The summed E-state index contributed by atoms with van der Waals surface area (Å²) in [5, 5.41) is 0. The Bertz CT molecular complexity index is 237. The SMILES string of the molecule is CCCCCCCN1C=CN(CCCCC)C1CC. The van der Waals surface area contributed by atoms with E-state index >= 15 is 0 Å². The molecule has 0 amide bonds. The van der Waals surface area contributed by atoms with Gasteiger partial charge in [-0.3, -0.25) is 0 Å². The molecule has 0 N–H and O–H groups in total. The molecule has 0 aromatic heterocycles. The molecule has 112 valence electrons. The molecule has 2 heteroatoms. The summed E-state index contributed by atoms with van der Waals surface area (Å²) in [5.41, 5.74) is 0. The molecule has 0 aromatic carbocycles. The zero-order chi connectivity index (χ0) is 13.9. The summed E-state index contributed by atoms with van der Waals surface area (Å²) in [5.74, 6) is 0. The molecule has 1 aliphatic rings. The predicted molar refractivity (Wildman–Crippen MR) is 84.9 cm³/mol. The van der Waals surface area contributed by atoms with Crippen LogP contribution < -0.4 is 0 Å². The minimum atomic E-state index is 0.628. The van der Waals surface area contributed by atoms with Gasteiger partial charge in [-0.05, 0) is 19.3 Å². The van der Waals surface area contributed by atoms with Crippen LogP contribution in [0.3, 0.4) is 0 Å². The summed E-state index contributed by atoms with van der Waals surface area (Å²) in [6.45, 7) is 9.34. The van der Waals surface area contributed by atoms with Crippen LogP contribution in [-0.2, 0) is 0 Å². The van der Waals surface area contributed by atoms with Crippen LogP contribution in [0.5, 0.6) is 0 Å². The first kappa shape index (κ1) is 16.4. The molecule has 0 aliphatic carbocycles. The van der Waals surface area contributed by atoms with Crippen LogP contribution in [0.4, 0.5) is 0 Å². The van der Waals surface area contributed by atoms with Crippen molar-refractivity contribution in [2.24, 2.45) is 0 Å². The molecule has 0 bridgehead atoms. The zero-order valence-electron chi connectivity index (χ0n) is 13.4. The minimum Gasteiger partial charge on any atom is -0.356 e. The maximum atomic E-state index is 2.55. The molecule has 1 heterocycles. The Balaban J connectivity index is 2.22. The highest BCUT2D eigenvalue weighted by Gasteiger charge is 2.23. The average Bonchev–Trinajstić information content (AvgIpc) is 2.81. The van der Waals surface area contributed by atoms with Crippen LogP contribution in [0.2, 0.25) is 0 Å². The normalized spacial score (nSPS) is 18.6. The quantitative estimate of drug-likeness (QED) is 0.487. The fourth-order valence-electron chi connectivity index (χ4n) is 2.92. The van der Waals surface area contributed by atoms with Gasteiger partial charge in [0.2, 0.25) is 0 Å². The van der Waals surface area contributed by atoms with E-state index in [-0.39, 0.29) is 0 Å². The minimum absolute atomic E-state index is 0.628. The van der Waals surface area contributed by atoms with Crippen LogP contribution in [0.25, 0.3) is 0 Å². The van der Waals surface area contributed by atoms with E-state index in [0.29, 0.717) is 6.17 Å². The second-order valence-electron chi connectivity index (χ2n) is 5.78. The van der Waals surface area contributed by atoms with Gasteiger partial charge in [-0.15, -0.1) is 0 Å². The van der Waals surface area contributed by atoms with Crippen molar-refractivity contribution in [2.45, 2.75) is 84.7 Å². The summed E-state index contributed by atoms with van der Waals surface area (Å²) in [7, 11) is 0. The van der Waals surface area contributed by atoms with E-state index in [1.807, 2.05) is 0 Å². The van der Waals surface area contributed by atoms with E-state index in [0.717, 1.165) is 0 Å². The number of unbranched alkanes of at least 4 members (excludes halogenated alkanes) is 6. The summed E-state index contributed by atoms with van der Waals surface area (Å²) in [4.78, 5) is 5.10. The monoisotopic (exact) mass is 266 g/mol. The van der Waals surface area contributed by atoms with Gasteiger partial charge in [0.1, 0.15) is 6.17 Å². The molecule has 1 unspecified atom stereocenters. The Morgan fingerprint density at radius 3 is 1.68 bits per heavy atom. The summed E-state index contributed by atoms with van der Waals surface area (Å²) in [6.07, 6.45) is 17.4. The molecule has 0 saturated carbocycles. The highest BCUT2D eigenvalue weighted by Crippen LogP contribution is 2.20. The standard InChI is InChI=1S/C17H34N2/c1-4-7-9-10-12-14-19-16-15-18(17(19)6-3)13-11-8-5-2/h15-17H,4-14H2,1-3H3. The number of nitrogens with zero attached hydrogens (tertiary/aromatic N) is 2. The molecule has 0 aromatic rings. The first-order chi connectivity index (χ1) is 9.33. The van der Waals surface area contributed by atoms with Gasteiger partial charge in [0.25, 0.3) is 0 Å².